The summed E-state index contributed by atoms with van der Waals surface area (Å²) in [5.74, 6) is -0.349. The first kappa shape index (κ1) is 27.5. The third-order valence-corrected chi connectivity index (χ3v) is 7.78. The molecule has 1 aliphatic carbocycles. The average molecular weight is 540 g/mol. The molecule has 1 aliphatic rings. The van der Waals surface area contributed by atoms with E-state index in [2.05, 4.69) is 23.8 Å². The molecule has 4 rings (SSSR count). The number of nitrogens with zero attached hydrogens (tertiary/aromatic N) is 1. The molecule has 3 nitrogen and oxygen atoms in total. The number of alkyl halides is 3. The van der Waals surface area contributed by atoms with Crippen molar-refractivity contribution in [2.24, 2.45) is 5.41 Å². The van der Waals surface area contributed by atoms with Gasteiger partial charge in [-0.3, -0.25) is 0 Å². The Labute approximate surface area is 224 Å². The number of nitrogens with one attached hydrogen (secondary N) is 2. The Hall–Kier alpha value is -3.52. The quantitative estimate of drug-likeness (QED) is 0.211. The van der Waals surface area contributed by atoms with Crippen molar-refractivity contribution in [1.82, 2.24) is 4.98 Å². The van der Waals surface area contributed by atoms with E-state index in [9.17, 15) is 17.6 Å². The molecule has 2 aromatic carbocycles. The molecule has 1 aromatic heterocycles. The lowest BCUT2D eigenvalue weighted by Gasteiger charge is -2.42. The van der Waals surface area contributed by atoms with Gasteiger partial charge in [0.25, 0.3) is 0 Å². The fraction of sp³-hybridized carbons (Fsp3) is 0.267. The maximum atomic E-state index is 13.6. The number of aryl methyl sites for hydroxylation is 1. The highest BCUT2D eigenvalue weighted by Gasteiger charge is 2.42. The van der Waals surface area contributed by atoms with E-state index >= 15 is 0 Å². The molecule has 1 unspecified atom stereocenters. The number of hydrogen-bond acceptors (Lipinski definition) is 4. The van der Waals surface area contributed by atoms with E-state index in [1.54, 1.807) is 24.4 Å². The van der Waals surface area contributed by atoms with E-state index in [-0.39, 0.29) is 12.2 Å². The molecule has 1 atom stereocenters. The standard InChI is InChI=1S/C30H29F4N3S/c1-4-6-23-14-27(37-26-11-9-25(31)10-12-26)22(17-35)16-29(23,20(3)28-36-18-19(2)38-28)15-21-7-5-8-24(13-21)30(32,33)34/h5,7-14,17-18,35,37H,3-4,6,15-16H2,1-2H3. The van der Waals surface area contributed by atoms with Gasteiger partial charge in [-0.1, -0.05) is 43.7 Å². The Morgan fingerprint density at radius 1 is 1.21 bits per heavy atom. The molecule has 0 fully saturated rings. The zero-order valence-corrected chi connectivity index (χ0v) is 22.1. The molecule has 38 heavy (non-hydrogen) atoms. The van der Waals surface area contributed by atoms with Crippen LogP contribution in [0.1, 0.15) is 47.2 Å². The Morgan fingerprint density at radius 2 is 1.95 bits per heavy atom. The second-order valence-electron chi connectivity index (χ2n) is 9.52. The maximum Gasteiger partial charge on any atom is 0.416 e. The molecule has 0 saturated carbocycles. The summed E-state index contributed by atoms with van der Waals surface area (Å²) in [6.45, 7) is 8.45. The van der Waals surface area contributed by atoms with E-state index in [1.165, 1.54) is 41.8 Å². The van der Waals surface area contributed by atoms with Crippen molar-refractivity contribution in [3.05, 3.63) is 111 Å². The molecule has 0 amide bonds. The highest BCUT2D eigenvalue weighted by molar-refractivity contribution is 7.12. The van der Waals surface area contributed by atoms with Crippen LogP contribution < -0.4 is 5.32 Å². The largest absolute Gasteiger partial charge is 0.416 e. The first-order chi connectivity index (χ1) is 18.1. The SMILES string of the molecule is C=C(c1ncc(C)s1)C1(Cc2cccc(C(F)(F)F)c2)CC(C=N)=C(Nc2ccc(F)cc2)C=C1CCC. The second-order valence-corrected chi connectivity index (χ2v) is 10.8. The van der Waals surface area contributed by atoms with Gasteiger partial charge in [-0.25, -0.2) is 9.37 Å². The van der Waals surface area contributed by atoms with Gasteiger partial charge in [0.15, 0.2) is 0 Å². The summed E-state index contributed by atoms with van der Waals surface area (Å²) in [6.07, 6.45) is 2.70. The molecule has 0 bridgehead atoms. The molecule has 1 heterocycles. The van der Waals surface area contributed by atoms with E-state index in [0.29, 0.717) is 35.4 Å². The van der Waals surface area contributed by atoms with Gasteiger partial charge in [-0.15, -0.1) is 11.3 Å². The Bertz CT molecular complexity index is 1400. The van der Waals surface area contributed by atoms with Crippen LogP contribution in [0.3, 0.4) is 0 Å². The van der Waals surface area contributed by atoms with Gasteiger partial charge in [0.05, 0.1) is 5.56 Å². The van der Waals surface area contributed by atoms with Gasteiger partial charge in [0, 0.05) is 34.1 Å². The minimum absolute atomic E-state index is 0.279. The Morgan fingerprint density at radius 3 is 2.55 bits per heavy atom. The van der Waals surface area contributed by atoms with Crippen LogP contribution >= 0.6 is 11.3 Å². The molecule has 2 N–H and O–H groups in total. The van der Waals surface area contributed by atoms with Gasteiger partial charge in [0.1, 0.15) is 10.8 Å². The fourth-order valence-electron chi connectivity index (χ4n) is 4.94. The predicted molar refractivity (Wildman–Crippen MR) is 147 cm³/mol. The van der Waals surface area contributed by atoms with Crippen molar-refractivity contribution in [2.45, 2.75) is 45.7 Å². The van der Waals surface area contributed by atoms with Crippen molar-refractivity contribution >= 4 is 28.8 Å². The summed E-state index contributed by atoms with van der Waals surface area (Å²) in [5.41, 5.74) is 2.86. The molecular formula is C30H29F4N3S. The summed E-state index contributed by atoms with van der Waals surface area (Å²) in [6, 6.07) is 11.4. The molecule has 3 aromatic rings. The van der Waals surface area contributed by atoms with E-state index in [1.807, 2.05) is 13.0 Å². The van der Waals surface area contributed by atoms with Gasteiger partial charge >= 0.3 is 6.18 Å². The normalized spacial score (nSPS) is 17.8. The zero-order valence-electron chi connectivity index (χ0n) is 21.3. The third kappa shape index (κ3) is 5.80. The van der Waals surface area contributed by atoms with Crippen LogP contribution in [0.2, 0.25) is 0 Å². The fourth-order valence-corrected chi connectivity index (χ4v) is 5.78. The van der Waals surface area contributed by atoms with Crippen molar-refractivity contribution in [3.63, 3.8) is 0 Å². The molecule has 0 radical (unpaired) electrons. The highest BCUT2D eigenvalue weighted by atomic mass is 32.1. The summed E-state index contributed by atoms with van der Waals surface area (Å²) in [4.78, 5) is 5.57. The number of allylic oxidation sites excluding steroid dienone is 4. The van der Waals surface area contributed by atoms with Crippen molar-refractivity contribution in [3.8, 4) is 0 Å². The summed E-state index contributed by atoms with van der Waals surface area (Å²) < 4.78 is 54.1. The van der Waals surface area contributed by atoms with Crippen molar-refractivity contribution in [2.75, 3.05) is 5.32 Å². The number of anilines is 1. The second kappa shape index (κ2) is 11.1. The number of hydrogen-bond donors (Lipinski definition) is 2. The first-order valence-electron chi connectivity index (χ1n) is 12.3. The van der Waals surface area contributed by atoms with Crippen LogP contribution in [0.15, 0.2) is 84.2 Å². The summed E-state index contributed by atoms with van der Waals surface area (Å²) >= 11 is 1.50. The smallest absolute Gasteiger partial charge is 0.355 e. The van der Waals surface area contributed by atoms with E-state index in [4.69, 9.17) is 5.41 Å². The number of thiazole rings is 1. The van der Waals surface area contributed by atoms with Crippen LogP contribution in [0, 0.1) is 23.6 Å². The summed E-state index contributed by atoms with van der Waals surface area (Å²) in [5, 5.41) is 12.3. The number of halogens is 4. The Kier molecular flexibility index (Phi) is 8.02. The minimum Gasteiger partial charge on any atom is -0.355 e. The number of benzene rings is 2. The maximum absolute atomic E-state index is 13.6. The zero-order chi connectivity index (χ0) is 27.5. The first-order valence-corrected chi connectivity index (χ1v) is 13.1. The molecule has 0 saturated heterocycles. The topological polar surface area (TPSA) is 48.8 Å². The van der Waals surface area contributed by atoms with Crippen LogP contribution in [0.4, 0.5) is 23.2 Å². The molecule has 0 spiro atoms. The lowest BCUT2D eigenvalue weighted by molar-refractivity contribution is -0.137. The Balaban J connectivity index is 1.84. The van der Waals surface area contributed by atoms with E-state index < -0.39 is 17.2 Å². The number of aromatic nitrogens is 1. The van der Waals surface area contributed by atoms with Gasteiger partial charge in [-0.2, -0.15) is 13.2 Å². The molecular weight excluding hydrogens is 510 g/mol. The average Bonchev–Trinajstić information content (AvgIpc) is 3.32. The lowest BCUT2D eigenvalue weighted by atomic mass is 9.63. The van der Waals surface area contributed by atoms with Gasteiger partial charge in [-0.05, 0) is 79.3 Å². The van der Waals surface area contributed by atoms with Crippen LogP contribution in [0.5, 0.6) is 0 Å². The van der Waals surface area contributed by atoms with Crippen LogP contribution in [0.25, 0.3) is 5.57 Å². The number of rotatable bonds is 9. The van der Waals surface area contributed by atoms with Crippen LogP contribution in [-0.2, 0) is 12.6 Å². The highest BCUT2D eigenvalue weighted by Crippen LogP contribution is 2.53. The van der Waals surface area contributed by atoms with Crippen LogP contribution in [-0.4, -0.2) is 11.2 Å². The van der Waals surface area contributed by atoms with E-state index in [0.717, 1.165) is 33.5 Å². The van der Waals surface area contributed by atoms with Gasteiger partial charge < -0.3 is 10.7 Å². The third-order valence-electron chi connectivity index (χ3n) is 6.81. The monoisotopic (exact) mass is 539 g/mol. The predicted octanol–water partition coefficient (Wildman–Crippen LogP) is 9.00. The lowest BCUT2D eigenvalue weighted by Crippen LogP contribution is -2.32. The van der Waals surface area contributed by atoms with Crippen molar-refractivity contribution < 1.29 is 17.6 Å². The minimum atomic E-state index is -4.45. The molecule has 8 heteroatoms. The molecule has 198 valence electrons. The summed E-state index contributed by atoms with van der Waals surface area (Å²) in [7, 11) is 0. The van der Waals surface area contributed by atoms with Crippen molar-refractivity contribution in [1.29, 1.82) is 5.41 Å². The molecule has 0 aliphatic heterocycles. The van der Waals surface area contributed by atoms with Gasteiger partial charge in [0.2, 0.25) is 0 Å².